The van der Waals surface area contributed by atoms with Crippen molar-refractivity contribution < 1.29 is 47.2 Å². The summed E-state index contributed by atoms with van der Waals surface area (Å²) in [7, 11) is 4.75. The lowest BCUT2D eigenvalue weighted by atomic mass is 9.79. The number of fused-ring (bicyclic) bond motifs is 1. The summed E-state index contributed by atoms with van der Waals surface area (Å²) in [6.07, 6.45) is 0.187. The van der Waals surface area contributed by atoms with E-state index < -0.39 is 64.4 Å². The first-order valence-corrected chi connectivity index (χ1v) is 22.3. The van der Waals surface area contributed by atoms with Crippen molar-refractivity contribution in [2.75, 3.05) is 59.6 Å². The van der Waals surface area contributed by atoms with Crippen molar-refractivity contribution in [3.63, 3.8) is 0 Å². The van der Waals surface area contributed by atoms with Crippen molar-refractivity contribution in [1.82, 2.24) is 29.2 Å². The zero-order chi connectivity index (χ0) is 49.0. The number of hydrogen-bond donors (Lipinski definition) is 3. The lowest BCUT2D eigenvalue weighted by Gasteiger charge is -2.34. The summed E-state index contributed by atoms with van der Waals surface area (Å²) in [6, 6.07) is 9.56. The molecule has 3 aliphatic heterocycles. The number of esters is 1. The molecule has 1 fully saturated rings. The van der Waals surface area contributed by atoms with Crippen LogP contribution in [0.4, 0.5) is 8.78 Å². The number of carbonyl (C=O) groups is 3. The van der Waals surface area contributed by atoms with Crippen LogP contribution in [0.25, 0.3) is 5.57 Å². The van der Waals surface area contributed by atoms with Gasteiger partial charge in [-0.05, 0) is 76.1 Å². The average molecular weight is 933 g/mol. The number of nitrogens with zero attached hydrogens (tertiary/aromatic N) is 6. The van der Waals surface area contributed by atoms with E-state index in [-0.39, 0.29) is 48.3 Å². The lowest BCUT2D eigenvalue weighted by Crippen LogP contribution is -2.41. The molecule has 0 spiro atoms. The SMILES string of the molecule is CNC1=C(N=N)C(C(=O)OC(C)CCC2(C)CN(C(=O)c3ccc(F)c(F)c3)C=C(C(O)OC(C)C)c3c2n(C)c(=O)n3C)=CN(C(=O)c2ccc(OCCN3CCOCC3)cc2)CC1(C)C. The van der Waals surface area contributed by atoms with Gasteiger partial charge in [-0.1, -0.05) is 20.8 Å². The predicted octanol–water partition coefficient (Wildman–Crippen LogP) is 5.45. The van der Waals surface area contributed by atoms with E-state index in [1.54, 1.807) is 59.1 Å². The van der Waals surface area contributed by atoms with Crippen LogP contribution in [-0.4, -0.2) is 125 Å². The van der Waals surface area contributed by atoms with Gasteiger partial charge in [-0.2, -0.15) is 5.11 Å². The number of amides is 2. The second-order valence-electron chi connectivity index (χ2n) is 18.4. The Kier molecular flexibility index (Phi) is 15.7. The Morgan fingerprint density at radius 2 is 1.57 bits per heavy atom. The summed E-state index contributed by atoms with van der Waals surface area (Å²) in [5.41, 5.74) is 7.21. The number of aliphatic hydroxyl groups excluding tert-OH is 1. The van der Waals surface area contributed by atoms with E-state index in [4.69, 9.17) is 24.5 Å². The zero-order valence-electron chi connectivity index (χ0n) is 39.7. The van der Waals surface area contributed by atoms with Gasteiger partial charge in [0.15, 0.2) is 17.9 Å². The van der Waals surface area contributed by atoms with Crippen molar-refractivity contribution in [3.05, 3.63) is 116 Å². The average Bonchev–Trinajstić information content (AvgIpc) is 3.38. The molecule has 19 heteroatoms. The van der Waals surface area contributed by atoms with Gasteiger partial charge >= 0.3 is 11.7 Å². The summed E-state index contributed by atoms with van der Waals surface area (Å²) in [5.74, 6) is -3.71. The van der Waals surface area contributed by atoms with Crippen LogP contribution >= 0.6 is 0 Å². The van der Waals surface area contributed by atoms with E-state index in [0.717, 1.165) is 37.8 Å². The van der Waals surface area contributed by atoms with Gasteiger partial charge in [0, 0.05) is 99.5 Å². The van der Waals surface area contributed by atoms with Gasteiger partial charge in [0.05, 0.1) is 36.8 Å². The maximum absolute atomic E-state index is 14.5. The molecule has 1 aromatic heterocycles. The third kappa shape index (κ3) is 11.1. The van der Waals surface area contributed by atoms with Crippen LogP contribution in [0.5, 0.6) is 5.75 Å². The molecule has 0 aliphatic carbocycles. The van der Waals surface area contributed by atoms with Crippen LogP contribution in [0.15, 0.2) is 81.7 Å². The smallest absolute Gasteiger partial charge is 0.342 e. The number of aromatic nitrogens is 2. The first-order chi connectivity index (χ1) is 31.7. The highest BCUT2D eigenvalue weighted by atomic mass is 19.2. The standard InChI is InChI=1S/C48H62F2N8O9/c1-29(2)66-45(62)35-26-58(43(60)32-12-15-36(49)37(50)24-32)28-48(6,41-39(35)54(8)46(63)55(41)9)17-16-30(3)67-44(61)34-25-57(27-47(4,5)40(52-7)38(34)53-51)42(59)31-10-13-33(14-11-31)65-23-20-56-18-21-64-22-19-56/h10-15,24-26,29-30,45,51-52,62H,16-23,27-28H2,1-9H3. The molecule has 1 saturated heterocycles. The van der Waals surface area contributed by atoms with Gasteiger partial charge in [0.2, 0.25) is 0 Å². The first-order valence-electron chi connectivity index (χ1n) is 22.3. The molecule has 2 amide bonds. The van der Waals surface area contributed by atoms with Gasteiger partial charge < -0.3 is 39.2 Å². The molecule has 0 saturated carbocycles. The molecular formula is C48H62F2N8O9. The molecule has 3 aliphatic rings. The highest BCUT2D eigenvalue weighted by Gasteiger charge is 2.43. The van der Waals surface area contributed by atoms with Crippen molar-refractivity contribution in [2.45, 2.75) is 78.3 Å². The van der Waals surface area contributed by atoms with E-state index in [0.29, 0.717) is 48.2 Å². The number of rotatable bonds is 16. The van der Waals surface area contributed by atoms with Crippen LogP contribution in [0.3, 0.4) is 0 Å². The van der Waals surface area contributed by atoms with Gasteiger partial charge in [-0.25, -0.2) is 23.9 Å². The molecule has 3 N–H and O–H groups in total. The number of ether oxygens (including phenoxy) is 4. The number of imidazole rings is 1. The minimum Gasteiger partial charge on any atom is -0.492 e. The second kappa shape index (κ2) is 20.9. The van der Waals surface area contributed by atoms with Crippen molar-refractivity contribution >= 4 is 23.4 Å². The van der Waals surface area contributed by atoms with E-state index >= 15 is 0 Å². The number of benzene rings is 2. The molecule has 0 bridgehead atoms. The molecule has 67 heavy (non-hydrogen) atoms. The number of halogens is 2. The summed E-state index contributed by atoms with van der Waals surface area (Å²) in [5, 5.41) is 18.3. The van der Waals surface area contributed by atoms with Crippen molar-refractivity contribution in [3.8, 4) is 5.75 Å². The summed E-state index contributed by atoms with van der Waals surface area (Å²) in [4.78, 5) is 61.3. The van der Waals surface area contributed by atoms with Crippen molar-refractivity contribution in [2.24, 2.45) is 24.6 Å². The number of aliphatic hydroxyl groups is 1. The van der Waals surface area contributed by atoms with E-state index in [1.165, 1.54) is 38.4 Å². The maximum atomic E-state index is 14.5. The quantitative estimate of drug-likeness (QED) is 0.0940. The molecule has 2 aromatic carbocycles. The highest BCUT2D eigenvalue weighted by Crippen LogP contribution is 2.41. The molecule has 3 atom stereocenters. The monoisotopic (exact) mass is 932 g/mol. The van der Waals surface area contributed by atoms with Gasteiger partial charge in [-0.3, -0.25) is 23.6 Å². The number of morpholine rings is 1. The zero-order valence-corrected chi connectivity index (χ0v) is 39.7. The Balaban J connectivity index is 1.27. The molecular weight excluding hydrogens is 871 g/mol. The van der Waals surface area contributed by atoms with Crippen LogP contribution in [0.1, 0.15) is 86.5 Å². The summed E-state index contributed by atoms with van der Waals surface area (Å²) in [6.45, 7) is 14.9. The van der Waals surface area contributed by atoms with E-state index in [1.807, 2.05) is 20.8 Å². The van der Waals surface area contributed by atoms with E-state index in [9.17, 15) is 33.1 Å². The Morgan fingerprint density at radius 1 is 0.925 bits per heavy atom. The normalized spacial score (nSPS) is 19.7. The molecule has 362 valence electrons. The predicted molar refractivity (Wildman–Crippen MR) is 244 cm³/mol. The third-order valence-corrected chi connectivity index (χ3v) is 12.4. The first kappa shape index (κ1) is 50.4. The summed E-state index contributed by atoms with van der Waals surface area (Å²) < 4.78 is 54.5. The molecule has 0 radical (unpaired) electrons. The Hall–Kier alpha value is -6.02. The summed E-state index contributed by atoms with van der Waals surface area (Å²) >= 11 is 0. The third-order valence-electron chi connectivity index (χ3n) is 12.4. The highest BCUT2D eigenvalue weighted by molar-refractivity contribution is 5.98. The number of hydrogen-bond acceptors (Lipinski definition) is 13. The van der Waals surface area contributed by atoms with Crippen LogP contribution in [0, 0.1) is 22.6 Å². The topological polar surface area (TPSA) is 193 Å². The minimum atomic E-state index is -1.60. The van der Waals surface area contributed by atoms with Gasteiger partial charge in [-0.15, -0.1) is 0 Å². The van der Waals surface area contributed by atoms with Crippen LogP contribution in [-0.2, 0) is 38.5 Å². The van der Waals surface area contributed by atoms with E-state index in [2.05, 4.69) is 15.3 Å². The fourth-order valence-corrected chi connectivity index (χ4v) is 8.99. The van der Waals surface area contributed by atoms with Crippen LogP contribution < -0.4 is 15.7 Å². The Bertz CT molecular complexity index is 2510. The number of nitrogens with one attached hydrogen (secondary N) is 2. The van der Waals surface area contributed by atoms with Crippen LogP contribution in [0.2, 0.25) is 0 Å². The molecule has 17 nitrogen and oxygen atoms in total. The molecule has 6 rings (SSSR count). The fourth-order valence-electron chi connectivity index (χ4n) is 8.99. The fraction of sp³-hybridized carbons (Fsp3) is 0.500. The van der Waals surface area contributed by atoms with Gasteiger partial charge in [0.25, 0.3) is 11.8 Å². The minimum absolute atomic E-state index is 0.00386. The molecule has 3 aromatic rings. The Labute approximate surface area is 389 Å². The maximum Gasteiger partial charge on any atom is 0.342 e. The Morgan fingerprint density at radius 3 is 2.19 bits per heavy atom. The van der Waals surface area contributed by atoms with Gasteiger partial charge in [0.1, 0.15) is 23.6 Å². The molecule has 3 unspecified atom stereocenters. The number of carbonyl (C=O) groups excluding carboxylic acids is 3. The molecule has 4 heterocycles. The van der Waals surface area contributed by atoms with Crippen molar-refractivity contribution in [1.29, 1.82) is 5.53 Å². The second-order valence-corrected chi connectivity index (χ2v) is 18.4. The largest absolute Gasteiger partial charge is 0.492 e. The lowest BCUT2D eigenvalue weighted by molar-refractivity contribution is -0.143.